The number of ether oxygens (including phenoxy) is 1. The van der Waals surface area contributed by atoms with E-state index in [0.717, 1.165) is 13.4 Å². The van der Waals surface area contributed by atoms with Crippen molar-refractivity contribution < 1.29 is 4.74 Å². The topological polar surface area (TPSA) is 9.23 Å². The zero-order chi connectivity index (χ0) is 10.7. The maximum Gasteiger partial charge on any atom is 0.172 e. The Labute approximate surface area is 114 Å². The molecule has 77 valence electrons. The molecular formula is C9H7Br3ClO. The van der Waals surface area contributed by atoms with Crippen LogP contribution in [0.25, 0.3) is 0 Å². The van der Waals surface area contributed by atoms with Crippen LogP contribution in [0.2, 0.25) is 0 Å². The normalized spacial score (nSPS) is 12.6. The summed E-state index contributed by atoms with van der Waals surface area (Å²) in [6, 6.07) is 3.79. The zero-order valence-corrected chi connectivity index (χ0v) is 12.6. The third kappa shape index (κ3) is 3.40. The van der Waals surface area contributed by atoms with Crippen molar-refractivity contribution in [1.82, 2.24) is 0 Å². The molecule has 0 N–H and O–H groups in total. The van der Waals surface area contributed by atoms with Gasteiger partial charge in [0.1, 0.15) is 5.75 Å². The van der Waals surface area contributed by atoms with Crippen molar-refractivity contribution >= 4 is 59.4 Å². The lowest BCUT2D eigenvalue weighted by atomic mass is 10.3. The molecule has 1 rings (SSSR count). The summed E-state index contributed by atoms with van der Waals surface area (Å²) in [4.78, 5) is 0. The average molecular weight is 406 g/mol. The minimum atomic E-state index is -0.413. The van der Waals surface area contributed by atoms with E-state index in [0.29, 0.717) is 12.2 Å². The van der Waals surface area contributed by atoms with E-state index >= 15 is 0 Å². The minimum Gasteiger partial charge on any atom is -0.472 e. The van der Waals surface area contributed by atoms with E-state index in [1.54, 1.807) is 0 Å². The molecule has 0 aliphatic carbocycles. The van der Waals surface area contributed by atoms with Gasteiger partial charge in [-0.25, -0.2) is 0 Å². The molecule has 1 atom stereocenters. The Morgan fingerprint density at radius 3 is 2.21 bits per heavy atom. The van der Waals surface area contributed by atoms with Crippen molar-refractivity contribution in [3.05, 3.63) is 32.5 Å². The van der Waals surface area contributed by atoms with Gasteiger partial charge in [0, 0.05) is 4.47 Å². The molecular weight excluding hydrogens is 399 g/mol. The number of hydrogen-bond donors (Lipinski definition) is 0. The number of benzene rings is 1. The first-order valence-corrected chi connectivity index (χ1v) is 6.60. The molecule has 0 aromatic heterocycles. The minimum absolute atomic E-state index is 0.413. The lowest BCUT2D eigenvalue weighted by Crippen LogP contribution is -2.07. The Bertz CT molecular complexity index is 307. The summed E-state index contributed by atoms with van der Waals surface area (Å²) in [5.74, 6) is 0.692. The van der Waals surface area contributed by atoms with Crippen LogP contribution < -0.4 is 4.74 Å². The third-order valence-electron chi connectivity index (χ3n) is 1.44. The third-order valence-corrected chi connectivity index (χ3v) is 3.38. The van der Waals surface area contributed by atoms with Crippen LogP contribution in [0, 0.1) is 6.92 Å². The summed E-state index contributed by atoms with van der Waals surface area (Å²) >= 11 is 16.0. The number of halogens is 4. The summed E-state index contributed by atoms with van der Waals surface area (Å²) in [6.45, 7) is 3.66. The van der Waals surface area contributed by atoms with E-state index in [-0.39, 0.29) is 0 Å². The van der Waals surface area contributed by atoms with Crippen molar-refractivity contribution in [2.75, 3.05) is 0 Å². The molecule has 1 aromatic rings. The van der Waals surface area contributed by atoms with Gasteiger partial charge in [-0.05, 0) is 57.3 Å². The van der Waals surface area contributed by atoms with Crippen LogP contribution in [0.5, 0.6) is 5.75 Å². The summed E-state index contributed by atoms with van der Waals surface area (Å²) in [5, 5.41) is 0. The highest BCUT2D eigenvalue weighted by Gasteiger charge is 2.11. The van der Waals surface area contributed by atoms with Crippen molar-refractivity contribution in [3.63, 3.8) is 0 Å². The first-order valence-electron chi connectivity index (χ1n) is 3.79. The predicted molar refractivity (Wildman–Crippen MR) is 69.8 cm³/mol. The molecule has 1 aromatic carbocycles. The van der Waals surface area contributed by atoms with Crippen molar-refractivity contribution in [3.8, 4) is 5.75 Å². The fraction of sp³-hybridized carbons (Fsp3) is 0.222. The molecule has 0 spiro atoms. The van der Waals surface area contributed by atoms with E-state index in [1.807, 2.05) is 12.1 Å². The highest BCUT2D eigenvalue weighted by molar-refractivity contribution is 9.11. The number of rotatable bonds is 3. The molecule has 1 radical (unpaired) electrons. The van der Waals surface area contributed by atoms with Gasteiger partial charge in [-0.2, -0.15) is 0 Å². The largest absolute Gasteiger partial charge is 0.472 e. The first-order chi connectivity index (χ1) is 6.54. The second-order valence-corrected chi connectivity index (χ2v) is 5.63. The van der Waals surface area contributed by atoms with Gasteiger partial charge in [0.15, 0.2) is 5.56 Å². The van der Waals surface area contributed by atoms with Crippen molar-refractivity contribution in [1.29, 1.82) is 0 Å². The molecule has 0 aliphatic rings. The molecule has 0 saturated carbocycles. The Hall–Kier alpha value is 0.750. The lowest BCUT2D eigenvalue weighted by molar-refractivity contribution is 0.280. The van der Waals surface area contributed by atoms with E-state index in [9.17, 15) is 0 Å². The summed E-state index contributed by atoms with van der Waals surface area (Å²) in [6.07, 6.45) is 0.510. The van der Waals surface area contributed by atoms with Crippen LogP contribution in [0.15, 0.2) is 25.6 Å². The van der Waals surface area contributed by atoms with Gasteiger partial charge in [-0.1, -0.05) is 27.5 Å². The molecule has 0 amide bonds. The van der Waals surface area contributed by atoms with Gasteiger partial charge >= 0.3 is 0 Å². The molecule has 0 saturated heterocycles. The summed E-state index contributed by atoms with van der Waals surface area (Å²) in [7, 11) is 0. The maximum absolute atomic E-state index is 5.85. The van der Waals surface area contributed by atoms with Gasteiger partial charge in [-0.15, -0.1) is 0 Å². The highest BCUT2D eigenvalue weighted by Crippen LogP contribution is 2.37. The van der Waals surface area contributed by atoms with Crippen molar-refractivity contribution in [2.45, 2.75) is 12.0 Å². The predicted octanol–water partition coefficient (Wildman–Crippen LogP) is 5.14. The lowest BCUT2D eigenvalue weighted by Gasteiger charge is -2.14. The van der Waals surface area contributed by atoms with E-state index < -0.39 is 5.56 Å². The van der Waals surface area contributed by atoms with Crippen LogP contribution in [0.4, 0.5) is 0 Å². The number of alkyl halides is 1. The van der Waals surface area contributed by atoms with Crippen LogP contribution in [0.1, 0.15) is 6.42 Å². The Morgan fingerprint density at radius 1 is 1.29 bits per heavy atom. The number of hydrogen-bond acceptors (Lipinski definition) is 1. The van der Waals surface area contributed by atoms with Crippen LogP contribution >= 0.6 is 59.4 Å². The molecule has 5 heteroatoms. The SMILES string of the molecule is [CH2]CC(Cl)Oc1c(Br)cc(Br)cc1Br. The quantitative estimate of drug-likeness (QED) is 0.632. The van der Waals surface area contributed by atoms with Crippen LogP contribution in [-0.2, 0) is 0 Å². The smallest absolute Gasteiger partial charge is 0.172 e. The monoisotopic (exact) mass is 403 g/mol. The fourth-order valence-electron chi connectivity index (χ4n) is 0.828. The maximum atomic E-state index is 5.85. The van der Waals surface area contributed by atoms with Gasteiger partial charge in [0.05, 0.1) is 8.95 Å². The molecule has 0 fully saturated rings. The van der Waals surface area contributed by atoms with Crippen LogP contribution in [-0.4, -0.2) is 5.56 Å². The van der Waals surface area contributed by atoms with Crippen LogP contribution in [0.3, 0.4) is 0 Å². The Kier molecular flexibility index (Phi) is 5.25. The van der Waals surface area contributed by atoms with Gasteiger partial charge in [0.2, 0.25) is 0 Å². The molecule has 0 bridgehead atoms. The second kappa shape index (κ2) is 5.73. The van der Waals surface area contributed by atoms with Crippen molar-refractivity contribution in [2.24, 2.45) is 0 Å². The Balaban J connectivity index is 2.96. The Morgan fingerprint density at radius 2 is 1.79 bits per heavy atom. The van der Waals surface area contributed by atoms with Gasteiger partial charge in [-0.3, -0.25) is 0 Å². The van der Waals surface area contributed by atoms with E-state index in [2.05, 4.69) is 54.7 Å². The van der Waals surface area contributed by atoms with E-state index in [4.69, 9.17) is 16.3 Å². The molecule has 0 heterocycles. The average Bonchev–Trinajstić information content (AvgIpc) is 2.10. The van der Waals surface area contributed by atoms with Gasteiger partial charge in [0.25, 0.3) is 0 Å². The summed E-state index contributed by atoms with van der Waals surface area (Å²) in [5.41, 5.74) is -0.413. The zero-order valence-electron chi connectivity index (χ0n) is 7.07. The molecule has 0 aliphatic heterocycles. The van der Waals surface area contributed by atoms with E-state index in [1.165, 1.54) is 0 Å². The standard InChI is InChI=1S/C9H7Br3ClO/c1-2-8(13)14-9-6(11)3-5(10)4-7(9)12/h3-4,8H,1-2H2. The fourth-order valence-corrected chi connectivity index (χ4v) is 3.36. The molecule has 1 nitrogen and oxygen atoms in total. The molecule has 1 unspecified atom stereocenters. The van der Waals surface area contributed by atoms with Gasteiger partial charge < -0.3 is 4.74 Å². The highest BCUT2D eigenvalue weighted by atomic mass is 79.9. The summed E-state index contributed by atoms with van der Waals surface area (Å²) < 4.78 is 8.12. The second-order valence-electron chi connectivity index (χ2n) is 2.52. The first kappa shape index (κ1) is 12.8. The molecule has 14 heavy (non-hydrogen) atoms.